The number of benzene rings is 1. The number of pyridine rings is 1. The molecular formula is C15H12F3NO2. The molecule has 0 amide bonds. The average Bonchev–Trinajstić information content (AvgIpc) is 2.94. The van der Waals surface area contributed by atoms with Gasteiger partial charge in [-0.2, -0.15) is 13.2 Å². The lowest BCUT2D eigenvalue weighted by atomic mass is 10.0. The van der Waals surface area contributed by atoms with E-state index in [1.807, 2.05) is 6.07 Å². The van der Waals surface area contributed by atoms with Crippen molar-refractivity contribution in [3.05, 3.63) is 58.9 Å². The van der Waals surface area contributed by atoms with Crippen LogP contribution in [0.5, 0.6) is 5.75 Å². The third kappa shape index (κ3) is 2.58. The highest BCUT2D eigenvalue weighted by Crippen LogP contribution is 2.36. The van der Waals surface area contributed by atoms with Crippen LogP contribution in [0, 0.1) is 0 Å². The minimum atomic E-state index is -4.44. The van der Waals surface area contributed by atoms with Gasteiger partial charge in [0.25, 0.3) is 0 Å². The van der Waals surface area contributed by atoms with E-state index >= 15 is 0 Å². The molecule has 1 atom stereocenters. The van der Waals surface area contributed by atoms with Crippen LogP contribution in [0.15, 0.2) is 36.5 Å². The van der Waals surface area contributed by atoms with Crippen LogP contribution in [0.25, 0.3) is 0 Å². The number of aliphatic hydroxyl groups is 1. The molecule has 0 spiro atoms. The molecule has 1 aliphatic heterocycles. The van der Waals surface area contributed by atoms with Gasteiger partial charge < -0.3 is 9.84 Å². The molecule has 0 saturated carbocycles. The summed E-state index contributed by atoms with van der Waals surface area (Å²) in [6.45, 7) is 0.541. The van der Waals surface area contributed by atoms with Crippen LogP contribution in [-0.2, 0) is 12.6 Å². The van der Waals surface area contributed by atoms with E-state index in [4.69, 9.17) is 4.74 Å². The Labute approximate surface area is 119 Å². The van der Waals surface area contributed by atoms with Crippen molar-refractivity contribution in [1.82, 2.24) is 4.98 Å². The summed E-state index contributed by atoms with van der Waals surface area (Å²) in [6.07, 6.45) is -4.06. The summed E-state index contributed by atoms with van der Waals surface area (Å²) in [6, 6.07) is 7.47. The van der Waals surface area contributed by atoms with E-state index < -0.39 is 17.8 Å². The second-order valence-electron chi connectivity index (χ2n) is 4.81. The van der Waals surface area contributed by atoms with Crippen molar-refractivity contribution in [3.8, 4) is 5.75 Å². The average molecular weight is 295 g/mol. The highest BCUT2D eigenvalue weighted by atomic mass is 19.4. The van der Waals surface area contributed by atoms with Crippen molar-refractivity contribution in [2.24, 2.45) is 0 Å². The molecule has 3 rings (SSSR count). The van der Waals surface area contributed by atoms with Crippen LogP contribution < -0.4 is 4.74 Å². The monoisotopic (exact) mass is 295 g/mol. The molecular weight excluding hydrogens is 283 g/mol. The summed E-state index contributed by atoms with van der Waals surface area (Å²) in [5.41, 5.74) is 0.829. The third-order valence-corrected chi connectivity index (χ3v) is 3.43. The molecule has 110 valence electrons. The number of ether oxygens (including phenoxy) is 1. The number of para-hydroxylation sites is 1. The Bertz CT molecular complexity index is 653. The van der Waals surface area contributed by atoms with E-state index in [-0.39, 0.29) is 5.69 Å². The first kappa shape index (κ1) is 13.9. The molecule has 1 N–H and O–H groups in total. The lowest BCUT2D eigenvalue weighted by Crippen LogP contribution is -2.08. The van der Waals surface area contributed by atoms with Crippen LogP contribution in [0.3, 0.4) is 0 Å². The van der Waals surface area contributed by atoms with E-state index in [1.165, 1.54) is 6.07 Å². The van der Waals surface area contributed by atoms with Crippen LogP contribution >= 0.6 is 0 Å². The minimum absolute atomic E-state index is 0.159. The van der Waals surface area contributed by atoms with Gasteiger partial charge in [-0.25, -0.2) is 0 Å². The molecule has 2 aromatic rings. The number of hydrogen-bond acceptors (Lipinski definition) is 3. The van der Waals surface area contributed by atoms with E-state index in [0.29, 0.717) is 17.9 Å². The van der Waals surface area contributed by atoms with Gasteiger partial charge in [0, 0.05) is 18.2 Å². The summed E-state index contributed by atoms with van der Waals surface area (Å²) in [7, 11) is 0. The zero-order chi connectivity index (χ0) is 15.0. The van der Waals surface area contributed by atoms with Gasteiger partial charge in [-0.15, -0.1) is 0 Å². The molecule has 1 unspecified atom stereocenters. The maximum atomic E-state index is 12.5. The van der Waals surface area contributed by atoms with Crippen molar-refractivity contribution in [2.75, 3.05) is 6.61 Å². The molecule has 0 fully saturated rings. The Morgan fingerprint density at radius 2 is 2.00 bits per heavy atom. The molecule has 2 heterocycles. The van der Waals surface area contributed by atoms with Gasteiger partial charge in [-0.05, 0) is 17.7 Å². The van der Waals surface area contributed by atoms with E-state index in [1.54, 1.807) is 12.1 Å². The fourth-order valence-electron chi connectivity index (χ4n) is 2.35. The molecule has 0 saturated heterocycles. The molecule has 21 heavy (non-hydrogen) atoms. The first-order chi connectivity index (χ1) is 9.97. The number of nitrogens with zero attached hydrogens (tertiary/aromatic N) is 1. The summed E-state index contributed by atoms with van der Waals surface area (Å²) < 4.78 is 43.0. The highest BCUT2D eigenvalue weighted by molar-refractivity contribution is 5.47. The Morgan fingerprint density at radius 1 is 1.19 bits per heavy atom. The lowest BCUT2D eigenvalue weighted by Gasteiger charge is -2.15. The summed E-state index contributed by atoms with van der Waals surface area (Å²) in [5.74, 6) is 0.603. The van der Waals surface area contributed by atoms with Gasteiger partial charge in [-0.1, -0.05) is 18.2 Å². The number of halogens is 3. The van der Waals surface area contributed by atoms with E-state index in [2.05, 4.69) is 4.98 Å². The zero-order valence-electron chi connectivity index (χ0n) is 10.9. The predicted octanol–water partition coefficient (Wildman–Crippen LogP) is 3.12. The number of hydrogen-bond donors (Lipinski definition) is 1. The van der Waals surface area contributed by atoms with Crippen molar-refractivity contribution >= 4 is 0 Å². The molecule has 0 bridgehead atoms. The van der Waals surface area contributed by atoms with Crippen LogP contribution in [-0.4, -0.2) is 16.7 Å². The third-order valence-electron chi connectivity index (χ3n) is 3.43. The second kappa shape index (κ2) is 5.04. The van der Waals surface area contributed by atoms with Crippen LogP contribution in [0.2, 0.25) is 0 Å². The fraction of sp³-hybridized carbons (Fsp3) is 0.267. The molecule has 3 nitrogen and oxygen atoms in total. The zero-order valence-corrected chi connectivity index (χ0v) is 10.9. The van der Waals surface area contributed by atoms with Crippen LogP contribution in [0.1, 0.15) is 28.5 Å². The Balaban J connectivity index is 1.93. The minimum Gasteiger partial charge on any atom is -0.493 e. The number of rotatable bonds is 2. The van der Waals surface area contributed by atoms with E-state index in [9.17, 15) is 18.3 Å². The first-order valence-corrected chi connectivity index (χ1v) is 6.42. The van der Waals surface area contributed by atoms with Gasteiger partial charge in [0.1, 0.15) is 11.9 Å². The molecule has 1 aliphatic rings. The van der Waals surface area contributed by atoms with Crippen LogP contribution in [0.4, 0.5) is 13.2 Å². The maximum Gasteiger partial charge on any atom is 0.417 e. The quantitative estimate of drug-likeness (QED) is 0.925. The molecule has 6 heteroatoms. The number of aliphatic hydroxyl groups excluding tert-OH is 1. The predicted molar refractivity (Wildman–Crippen MR) is 68.9 cm³/mol. The normalized spacial score (nSPS) is 15.4. The van der Waals surface area contributed by atoms with Crippen molar-refractivity contribution < 1.29 is 23.0 Å². The summed E-state index contributed by atoms with van der Waals surface area (Å²) >= 11 is 0. The summed E-state index contributed by atoms with van der Waals surface area (Å²) in [5, 5.41) is 10.3. The standard InChI is InChI=1S/C15H12F3NO2/c16-15(17,18)10-4-5-12(19-8-10)13(20)11-3-1-2-9-6-7-21-14(9)11/h1-5,8,13,20H,6-7H2. The van der Waals surface area contributed by atoms with Crippen molar-refractivity contribution in [3.63, 3.8) is 0 Å². The molecule has 0 aliphatic carbocycles. The highest BCUT2D eigenvalue weighted by Gasteiger charge is 2.31. The maximum absolute atomic E-state index is 12.5. The van der Waals surface area contributed by atoms with Gasteiger partial charge in [0.15, 0.2) is 0 Å². The summed E-state index contributed by atoms with van der Waals surface area (Å²) in [4.78, 5) is 3.72. The van der Waals surface area contributed by atoms with Gasteiger partial charge in [-0.3, -0.25) is 4.98 Å². The largest absolute Gasteiger partial charge is 0.493 e. The Kier molecular flexibility index (Phi) is 3.33. The van der Waals surface area contributed by atoms with Crippen molar-refractivity contribution in [2.45, 2.75) is 18.7 Å². The number of aromatic nitrogens is 1. The van der Waals surface area contributed by atoms with E-state index in [0.717, 1.165) is 24.2 Å². The fourth-order valence-corrected chi connectivity index (χ4v) is 2.35. The molecule has 0 radical (unpaired) electrons. The van der Waals surface area contributed by atoms with Gasteiger partial charge >= 0.3 is 6.18 Å². The molecule has 1 aromatic carbocycles. The SMILES string of the molecule is OC(c1ccc(C(F)(F)F)cn1)c1cccc2c1OCC2. The smallest absolute Gasteiger partial charge is 0.417 e. The number of alkyl halides is 3. The number of fused-ring (bicyclic) bond motifs is 1. The second-order valence-corrected chi connectivity index (χ2v) is 4.81. The van der Waals surface area contributed by atoms with Crippen molar-refractivity contribution in [1.29, 1.82) is 0 Å². The Morgan fingerprint density at radius 3 is 2.67 bits per heavy atom. The lowest BCUT2D eigenvalue weighted by molar-refractivity contribution is -0.137. The Hall–Kier alpha value is -2.08. The topological polar surface area (TPSA) is 42.4 Å². The first-order valence-electron chi connectivity index (χ1n) is 6.42. The van der Waals surface area contributed by atoms with Gasteiger partial charge in [0.05, 0.1) is 17.9 Å². The van der Waals surface area contributed by atoms with Gasteiger partial charge in [0.2, 0.25) is 0 Å². The molecule has 1 aromatic heterocycles.